The quantitative estimate of drug-likeness (QED) is 0.378. The Bertz CT molecular complexity index is 1530. The summed E-state index contributed by atoms with van der Waals surface area (Å²) < 4.78 is 12.2. The van der Waals surface area contributed by atoms with E-state index in [4.69, 9.17) is 19.4 Å². The van der Waals surface area contributed by atoms with Crippen molar-refractivity contribution >= 4 is 28.4 Å². The van der Waals surface area contributed by atoms with Gasteiger partial charge in [-0.05, 0) is 90.4 Å². The number of carbonyl (C=O) groups is 1. The maximum absolute atomic E-state index is 13.2. The molecule has 1 amide bonds. The average Bonchev–Trinajstić information content (AvgIpc) is 3.52. The van der Waals surface area contributed by atoms with Crippen LogP contribution < -0.4 is 14.5 Å². The van der Waals surface area contributed by atoms with E-state index in [1.165, 1.54) is 34.0 Å². The van der Waals surface area contributed by atoms with Crippen LogP contribution in [0.15, 0.2) is 36.4 Å². The molecule has 0 radical (unpaired) electrons. The van der Waals surface area contributed by atoms with Gasteiger partial charge in [0.05, 0.1) is 24.3 Å². The minimum absolute atomic E-state index is 0.115. The zero-order valence-corrected chi connectivity index (χ0v) is 26.9. The molecule has 0 saturated carbocycles. The molecule has 9 nitrogen and oxygen atoms in total. The molecule has 0 N–H and O–H groups in total. The third-order valence-corrected chi connectivity index (χ3v) is 9.92. The molecule has 3 atom stereocenters. The normalized spacial score (nSPS) is 23.8. The van der Waals surface area contributed by atoms with Crippen LogP contribution >= 0.6 is 0 Å². The first kappa shape index (κ1) is 29.1. The van der Waals surface area contributed by atoms with Crippen molar-refractivity contribution in [2.75, 3.05) is 49.6 Å². The number of likely N-dealkylation sites (tertiary alicyclic amines) is 1. The Morgan fingerprint density at radius 1 is 0.977 bits per heavy atom. The monoisotopic (exact) mass is 598 g/mol. The number of hydrogen-bond donors (Lipinski definition) is 0. The maximum Gasteiger partial charge on any atom is 0.410 e. The van der Waals surface area contributed by atoms with Crippen LogP contribution in [0.3, 0.4) is 0 Å². The highest BCUT2D eigenvalue weighted by Gasteiger charge is 2.45. The van der Waals surface area contributed by atoms with Gasteiger partial charge in [-0.15, -0.1) is 0 Å². The van der Waals surface area contributed by atoms with Crippen LogP contribution in [0.5, 0.6) is 6.01 Å². The van der Waals surface area contributed by atoms with Gasteiger partial charge in [0, 0.05) is 42.3 Å². The molecule has 2 aromatic carbocycles. The lowest BCUT2D eigenvalue weighted by atomic mass is 9.99. The van der Waals surface area contributed by atoms with Gasteiger partial charge in [0.15, 0.2) is 0 Å². The first-order valence-electron chi connectivity index (χ1n) is 16.4. The lowest BCUT2D eigenvalue weighted by molar-refractivity contribution is 0.0122. The average molecular weight is 599 g/mol. The van der Waals surface area contributed by atoms with Crippen LogP contribution in [-0.2, 0) is 17.7 Å². The van der Waals surface area contributed by atoms with Crippen LogP contribution in [0.4, 0.5) is 16.3 Å². The lowest BCUT2D eigenvalue weighted by Gasteiger charge is -2.43. The summed E-state index contributed by atoms with van der Waals surface area (Å²) in [7, 11) is 2.17. The van der Waals surface area contributed by atoms with E-state index in [2.05, 4.69) is 65.1 Å². The van der Waals surface area contributed by atoms with Crippen molar-refractivity contribution in [3.63, 3.8) is 0 Å². The van der Waals surface area contributed by atoms with E-state index < -0.39 is 5.60 Å². The second-order valence-electron chi connectivity index (χ2n) is 14.1. The van der Waals surface area contributed by atoms with Gasteiger partial charge in [-0.3, -0.25) is 4.90 Å². The number of likely N-dealkylation sites (N-methyl/N-ethyl adjacent to an activating group) is 1. The van der Waals surface area contributed by atoms with Crippen molar-refractivity contribution in [3.05, 3.63) is 53.2 Å². The molecular weight excluding hydrogens is 552 g/mol. The minimum Gasteiger partial charge on any atom is -0.462 e. The highest BCUT2D eigenvalue weighted by Crippen LogP contribution is 2.38. The predicted molar refractivity (Wildman–Crippen MR) is 174 cm³/mol. The third-order valence-electron chi connectivity index (χ3n) is 9.92. The number of anilines is 2. The van der Waals surface area contributed by atoms with E-state index in [-0.39, 0.29) is 18.2 Å². The maximum atomic E-state index is 13.2. The minimum atomic E-state index is -0.506. The summed E-state index contributed by atoms with van der Waals surface area (Å²) in [6.45, 7) is 12.8. The van der Waals surface area contributed by atoms with E-state index in [0.29, 0.717) is 25.2 Å². The van der Waals surface area contributed by atoms with Gasteiger partial charge in [0.1, 0.15) is 18.0 Å². The van der Waals surface area contributed by atoms with Crippen LogP contribution in [-0.4, -0.2) is 89.4 Å². The molecule has 4 aliphatic heterocycles. The summed E-state index contributed by atoms with van der Waals surface area (Å²) in [4.78, 5) is 32.6. The topological polar surface area (TPSA) is 74.3 Å². The van der Waals surface area contributed by atoms with Crippen LogP contribution in [0.25, 0.3) is 10.8 Å². The lowest BCUT2D eigenvalue weighted by Crippen LogP contribution is -2.57. The smallest absolute Gasteiger partial charge is 0.410 e. The number of aromatic nitrogens is 2. The number of piperazine rings is 1. The van der Waals surface area contributed by atoms with Crippen LogP contribution in [0.2, 0.25) is 0 Å². The summed E-state index contributed by atoms with van der Waals surface area (Å²) in [5.41, 5.74) is 4.30. The Kier molecular flexibility index (Phi) is 7.55. The van der Waals surface area contributed by atoms with Crippen LogP contribution in [0.1, 0.15) is 63.3 Å². The van der Waals surface area contributed by atoms with E-state index in [1.807, 2.05) is 25.7 Å². The summed E-state index contributed by atoms with van der Waals surface area (Å²) in [5, 5.41) is 2.57. The molecule has 44 heavy (non-hydrogen) atoms. The molecular formula is C35H46N6O3. The molecule has 9 heteroatoms. The van der Waals surface area contributed by atoms with Gasteiger partial charge in [-0.2, -0.15) is 9.97 Å². The SMILES string of the molecule is Cc1cccc2cccc(N3CCc4c(nc(OC[C@@H]5CCCN5C)nc4N4C[C@H]5CC[C@@H](C4)N5C(=O)OC(C)(C)C)C3)c12. The zero-order valence-electron chi connectivity index (χ0n) is 26.9. The van der Waals surface area contributed by atoms with Gasteiger partial charge in [0.2, 0.25) is 0 Å². The molecule has 234 valence electrons. The number of hydrogen-bond acceptors (Lipinski definition) is 8. The Balaban J connectivity index is 1.20. The van der Waals surface area contributed by atoms with Crippen molar-refractivity contribution in [2.45, 2.75) is 90.1 Å². The first-order valence-corrected chi connectivity index (χ1v) is 16.4. The summed E-state index contributed by atoms with van der Waals surface area (Å²) in [5.74, 6) is 0.985. The van der Waals surface area contributed by atoms with Gasteiger partial charge < -0.3 is 24.2 Å². The number of benzene rings is 2. The van der Waals surface area contributed by atoms with E-state index >= 15 is 0 Å². The third kappa shape index (κ3) is 5.55. The van der Waals surface area contributed by atoms with Gasteiger partial charge >= 0.3 is 12.1 Å². The number of aryl methyl sites for hydroxylation is 1. The second kappa shape index (κ2) is 11.4. The first-order chi connectivity index (χ1) is 21.1. The summed E-state index contributed by atoms with van der Waals surface area (Å²) in [6.07, 6.45) is 4.97. The highest BCUT2D eigenvalue weighted by atomic mass is 16.6. The fourth-order valence-corrected chi connectivity index (χ4v) is 7.74. The molecule has 0 unspecified atom stereocenters. The molecule has 3 aromatic rings. The standard InChI is InChI=1S/C35H46N6O3/c1-23-9-6-10-24-11-7-13-30(31(23)24)39-18-16-28-29(21-39)36-33(43-22-27-12-8-17-38(27)5)37-32(28)40-19-25-14-15-26(20-40)41(25)34(42)44-35(2,3)4/h6-7,9-11,13,25-27H,8,12,14-22H2,1-5H3/t25-,26+,27-/m0/s1. The Morgan fingerprint density at radius 3 is 2.43 bits per heavy atom. The number of nitrogens with zero attached hydrogens (tertiary/aromatic N) is 6. The van der Waals surface area contributed by atoms with Crippen LogP contribution in [0, 0.1) is 6.92 Å². The predicted octanol–water partition coefficient (Wildman–Crippen LogP) is 5.56. The largest absolute Gasteiger partial charge is 0.462 e. The van der Waals surface area contributed by atoms with Gasteiger partial charge in [0.25, 0.3) is 0 Å². The van der Waals surface area contributed by atoms with E-state index in [0.717, 1.165) is 63.4 Å². The molecule has 4 aliphatic rings. The Morgan fingerprint density at radius 2 is 1.73 bits per heavy atom. The summed E-state index contributed by atoms with van der Waals surface area (Å²) in [6, 6.07) is 14.2. The Hall–Kier alpha value is -3.59. The molecule has 3 fully saturated rings. The van der Waals surface area contributed by atoms with E-state index in [1.54, 1.807) is 0 Å². The molecule has 5 heterocycles. The number of ether oxygens (including phenoxy) is 2. The molecule has 7 rings (SSSR count). The Labute approximate surface area is 261 Å². The molecule has 3 saturated heterocycles. The number of fused-ring (bicyclic) bond motifs is 4. The van der Waals surface area contributed by atoms with Crippen molar-refractivity contribution in [3.8, 4) is 6.01 Å². The molecule has 0 aliphatic carbocycles. The molecule has 2 bridgehead atoms. The molecule has 0 spiro atoms. The van der Waals surface area contributed by atoms with Crippen molar-refractivity contribution < 1.29 is 14.3 Å². The fourth-order valence-electron chi connectivity index (χ4n) is 7.74. The molecule has 1 aromatic heterocycles. The van der Waals surface area contributed by atoms with Gasteiger partial charge in [-0.1, -0.05) is 30.3 Å². The number of amides is 1. The van der Waals surface area contributed by atoms with Crippen molar-refractivity contribution in [1.82, 2.24) is 19.8 Å². The van der Waals surface area contributed by atoms with Crippen molar-refractivity contribution in [2.24, 2.45) is 0 Å². The second-order valence-corrected chi connectivity index (χ2v) is 14.1. The van der Waals surface area contributed by atoms with Crippen molar-refractivity contribution in [1.29, 1.82) is 0 Å². The van der Waals surface area contributed by atoms with Gasteiger partial charge in [-0.25, -0.2) is 4.79 Å². The fraction of sp³-hybridized carbons (Fsp3) is 0.571. The number of rotatable bonds is 5. The summed E-state index contributed by atoms with van der Waals surface area (Å²) >= 11 is 0. The van der Waals surface area contributed by atoms with E-state index in [9.17, 15) is 4.79 Å². The zero-order chi connectivity index (χ0) is 30.6. The number of carbonyl (C=O) groups excluding carboxylic acids is 1. The highest BCUT2D eigenvalue weighted by molar-refractivity contribution is 5.97.